The van der Waals surface area contributed by atoms with Crippen molar-refractivity contribution in [2.45, 2.75) is 32.2 Å². The number of nitrogens with one attached hydrogen (secondary N) is 1. The molecular weight excluding hydrogens is 282 g/mol. The molecule has 0 spiro atoms. The van der Waals surface area contributed by atoms with Gasteiger partial charge in [-0.15, -0.1) is 0 Å². The molecule has 2 heterocycles. The predicted octanol–water partition coefficient (Wildman–Crippen LogP) is 1.03. The Morgan fingerprint density at radius 3 is 2.76 bits per heavy atom. The van der Waals surface area contributed by atoms with Gasteiger partial charge in [0.25, 0.3) is 6.43 Å². The molecule has 21 heavy (non-hydrogen) atoms. The van der Waals surface area contributed by atoms with E-state index in [-0.39, 0.29) is 12.1 Å². The summed E-state index contributed by atoms with van der Waals surface area (Å²) in [6, 6.07) is 0. The summed E-state index contributed by atoms with van der Waals surface area (Å²) in [6.07, 6.45) is -2.10. The van der Waals surface area contributed by atoms with Gasteiger partial charge in [-0.3, -0.25) is 4.90 Å². The number of hydrogen-bond acceptors (Lipinski definition) is 6. The van der Waals surface area contributed by atoms with Gasteiger partial charge >= 0.3 is 0 Å². The first-order valence-electron chi connectivity index (χ1n) is 7.15. The zero-order chi connectivity index (χ0) is 15.3. The van der Waals surface area contributed by atoms with Crippen LogP contribution in [0, 0.1) is 0 Å². The number of hydrogen-bond donors (Lipinski definition) is 1. The van der Waals surface area contributed by atoms with Crippen molar-refractivity contribution in [3.05, 3.63) is 11.7 Å². The van der Waals surface area contributed by atoms with E-state index in [2.05, 4.69) is 34.2 Å². The summed E-state index contributed by atoms with van der Waals surface area (Å²) in [5.74, 6) is 1.04. The van der Waals surface area contributed by atoms with Gasteiger partial charge in [0.2, 0.25) is 5.89 Å². The Morgan fingerprint density at radius 1 is 1.38 bits per heavy atom. The maximum absolute atomic E-state index is 11.9. The van der Waals surface area contributed by atoms with Gasteiger partial charge in [0.05, 0.1) is 18.6 Å². The van der Waals surface area contributed by atoms with E-state index < -0.39 is 13.0 Å². The lowest BCUT2D eigenvalue weighted by Crippen LogP contribution is -2.52. The Kier molecular flexibility index (Phi) is 5.60. The molecular formula is C13H22F2N4O2. The highest BCUT2D eigenvalue weighted by Crippen LogP contribution is 2.25. The molecule has 1 fully saturated rings. The van der Waals surface area contributed by atoms with Crippen LogP contribution in [0.1, 0.15) is 25.6 Å². The highest BCUT2D eigenvalue weighted by atomic mass is 19.3. The van der Waals surface area contributed by atoms with Gasteiger partial charge < -0.3 is 14.6 Å². The van der Waals surface area contributed by atoms with E-state index in [1.54, 1.807) is 0 Å². The van der Waals surface area contributed by atoms with Crippen LogP contribution in [0.2, 0.25) is 0 Å². The van der Waals surface area contributed by atoms with E-state index in [0.717, 1.165) is 26.2 Å². The second-order valence-electron chi connectivity index (χ2n) is 5.52. The van der Waals surface area contributed by atoms with Crippen molar-refractivity contribution in [2.75, 3.05) is 39.4 Å². The quantitative estimate of drug-likeness (QED) is 0.759. The molecule has 1 N–H and O–H groups in total. The lowest BCUT2D eigenvalue weighted by Gasteiger charge is -2.38. The van der Waals surface area contributed by atoms with E-state index in [0.29, 0.717) is 18.1 Å². The van der Waals surface area contributed by atoms with E-state index >= 15 is 0 Å². The third kappa shape index (κ3) is 4.42. The maximum atomic E-state index is 11.9. The SMILES string of the molecule is CC(C)(c1noc(CCOCC(F)F)n1)N1CCNCC1. The Labute approximate surface area is 122 Å². The molecule has 2 rings (SSSR count). The van der Waals surface area contributed by atoms with Gasteiger partial charge in [0.1, 0.15) is 6.61 Å². The van der Waals surface area contributed by atoms with Crippen molar-refractivity contribution >= 4 is 0 Å². The average Bonchev–Trinajstić information content (AvgIpc) is 2.94. The van der Waals surface area contributed by atoms with Crippen molar-refractivity contribution < 1.29 is 18.0 Å². The molecule has 0 aromatic carbocycles. The molecule has 1 aromatic heterocycles. The normalized spacial score (nSPS) is 17.6. The fraction of sp³-hybridized carbons (Fsp3) is 0.846. The molecule has 6 nitrogen and oxygen atoms in total. The maximum Gasteiger partial charge on any atom is 0.261 e. The molecule has 120 valence electrons. The summed E-state index contributed by atoms with van der Waals surface area (Å²) in [5, 5.41) is 7.33. The summed E-state index contributed by atoms with van der Waals surface area (Å²) >= 11 is 0. The number of rotatable bonds is 7. The molecule has 1 aromatic rings. The van der Waals surface area contributed by atoms with Gasteiger partial charge in [0.15, 0.2) is 5.82 Å². The number of piperazine rings is 1. The predicted molar refractivity (Wildman–Crippen MR) is 72.3 cm³/mol. The van der Waals surface area contributed by atoms with Crippen LogP contribution < -0.4 is 5.32 Å². The van der Waals surface area contributed by atoms with Crippen LogP contribution in [0.15, 0.2) is 4.52 Å². The average molecular weight is 304 g/mol. The lowest BCUT2D eigenvalue weighted by molar-refractivity contribution is 0.0171. The van der Waals surface area contributed by atoms with Crippen molar-refractivity contribution in [3.8, 4) is 0 Å². The summed E-state index contributed by atoms with van der Waals surface area (Å²) in [7, 11) is 0. The summed E-state index contributed by atoms with van der Waals surface area (Å²) in [4.78, 5) is 6.66. The minimum absolute atomic E-state index is 0.153. The molecule has 8 heteroatoms. The molecule has 0 bridgehead atoms. The highest BCUT2D eigenvalue weighted by Gasteiger charge is 2.34. The second-order valence-corrected chi connectivity index (χ2v) is 5.52. The van der Waals surface area contributed by atoms with Crippen molar-refractivity contribution in [1.82, 2.24) is 20.4 Å². The molecule has 0 atom stereocenters. The number of aromatic nitrogens is 2. The molecule has 0 radical (unpaired) electrons. The van der Waals surface area contributed by atoms with E-state index in [1.807, 2.05) is 0 Å². The summed E-state index contributed by atoms with van der Waals surface area (Å²) in [6.45, 7) is 7.43. The number of ether oxygens (including phenoxy) is 1. The van der Waals surface area contributed by atoms with Gasteiger partial charge in [0, 0.05) is 26.2 Å². The van der Waals surface area contributed by atoms with Crippen LogP contribution in [0.25, 0.3) is 0 Å². The largest absolute Gasteiger partial charge is 0.375 e. The molecule has 0 unspecified atom stereocenters. The van der Waals surface area contributed by atoms with Crippen LogP contribution in [-0.4, -0.2) is 60.9 Å². The Bertz CT molecular complexity index is 434. The molecule has 1 aliphatic rings. The minimum atomic E-state index is -2.45. The van der Waals surface area contributed by atoms with E-state index in [9.17, 15) is 8.78 Å². The van der Waals surface area contributed by atoms with Crippen molar-refractivity contribution in [2.24, 2.45) is 0 Å². The van der Waals surface area contributed by atoms with Crippen molar-refractivity contribution in [1.29, 1.82) is 0 Å². The fourth-order valence-corrected chi connectivity index (χ4v) is 2.30. The van der Waals surface area contributed by atoms with E-state index in [4.69, 9.17) is 9.26 Å². The Morgan fingerprint density at radius 2 is 2.10 bits per heavy atom. The third-order valence-corrected chi connectivity index (χ3v) is 3.63. The van der Waals surface area contributed by atoms with Gasteiger partial charge in [-0.05, 0) is 13.8 Å². The van der Waals surface area contributed by atoms with E-state index in [1.165, 1.54) is 0 Å². The topological polar surface area (TPSA) is 63.4 Å². The van der Waals surface area contributed by atoms with Crippen LogP contribution >= 0.6 is 0 Å². The smallest absolute Gasteiger partial charge is 0.261 e. The first kappa shape index (κ1) is 16.3. The lowest BCUT2D eigenvalue weighted by atomic mass is 10.0. The number of alkyl halides is 2. The zero-order valence-electron chi connectivity index (χ0n) is 12.4. The van der Waals surface area contributed by atoms with Gasteiger partial charge in [-0.2, -0.15) is 4.98 Å². The molecule has 0 saturated carbocycles. The van der Waals surface area contributed by atoms with Gasteiger partial charge in [-0.1, -0.05) is 5.16 Å². The monoisotopic (exact) mass is 304 g/mol. The van der Waals surface area contributed by atoms with Crippen LogP contribution in [-0.2, 0) is 16.7 Å². The molecule has 1 saturated heterocycles. The Balaban J connectivity index is 1.88. The van der Waals surface area contributed by atoms with Crippen molar-refractivity contribution in [3.63, 3.8) is 0 Å². The first-order valence-corrected chi connectivity index (χ1v) is 7.15. The molecule has 0 amide bonds. The standard InChI is InChI=1S/C13H22F2N4O2/c1-13(2,19-6-4-16-5-7-19)12-17-11(21-18-12)3-8-20-9-10(14)15/h10,16H,3-9H2,1-2H3. The van der Waals surface area contributed by atoms with Crippen LogP contribution in [0.3, 0.4) is 0 Å². The first-order chi connectivity index (χ1) is 10.00. The summed E-state index contributed by atoms with van der Waals surface area (Å²) in [5.41, 5.74) is -0.312. The fourth-order valence-electron chi connectivity index (χ4n) is 2.30. The number of halogens is 2. The Hall–Kier alpha value is -1.12. The molecule has 0 aliphatic carbocycles. The zero-order valence-corrected chi connectivity index (χ0v) is 12.4. The minimum Gasteiger partial charge on any atom is -0.375 e. The molecule has 1 aliphatic heterocycles. The highest BCUT2D eigenvalue weighted by molar-refractivity contribution is 5.03. The van der Waals surface area contributed by atoms with Gasteiger partial charge in [-0.25, -0.2) is 8.78 Å². The van der Waals surface area contributed by atoms with Crippen LogP contribution in [0.4, 0.5) is 8.78 Å². The van der Waals surface area contributed by atoms with Crippen LogP contribution in [0.5, 0.6) is 0 Å². The second kappa shape index (κ2) is 7.24. The number of nitrogens with zero attached hydrogens (tertiary/aromatic N) is 3. The summed E-state index contributed by atoms with van der Waals surface area (Å²) < 4.78 is 33.9. The third-order valence-electron chi connectivity index (χ3n) is 3.63.